The number of rotatable bonds is 6. The minimum absolute atomic E-state index is 0.0288. The van der Waals surface area contributed by atoms with Crippen molar-refractivity contribution in [3.05, 3.63) is 0 Å². The molecule has 1 heterocycles. The van der Waals surface area contributed by atoms with Crippen molar-refractivity contribution in [2.24, 2.45) is 11.3 Å². The van der Waals surface area contributed by atoms with E-state index in [1.807, 2.05) is 0 Å². The second kappa shape index (κ2) is 6.55. The van der Waals surface area contributed by atoms with Crippen molar-refractivity contribution in [1.82, 2.24) is 0 Å². The minimum atomic E-state index is -0.0288. The summed E-state index contributed by atoms with van der Waals surface area (Å²) in [6.07, 6.45) is 5.42. The largest absolute Gasteiger partial charge is 0.355 e. The highest BCUT2D eigenvalue weighted by atomic mass is 127. The Kier molecular flexibility index (Phi) is 6.02. The predicted molar refractivity (Wildman–Crippen MR) is 76.0 cm³/mol. The molecule has 96 valence electrons. The van der Waals surface area contributed by atoms with Crippen LogP contribution in [0.3, 0.4) is 0 Å². The molecule has 0 aliphatic carbocycles. The van der Waals surface area contributed by atoms with E-state index in [9.17, 15) is 0 Å². The van der Waals surface area contributed by atoms with Crippen LogP contribution in [-0.4, -0.2) is 23.9 Å². The Morgan fingerprint density at radius 3 is 2.50 bits per heavy atom. The van der Waals surface area contributed by atoms with Crippen LogP contribution in [0.1, 0.15) is 46.5 Å². The van der Waals surface area contributed by atoms with Gasteiger partial charge in [-0.1, -0.05) is 62.6 Å². The van der Waals surface area contributed by atoms with E-state index in [-0.39, 0.29) is 11.7 Å². The SMILES string of the molecule is CCCCC[C@@H]1OC(OC)C(C)(C)[C@H]1CI. The maximum atomic E-state index is 6.05. The molecule has 1 unspecified atom stereocenters. The van der Waals surface area contributed by atoms with Gasteiger partial charge in [0.15, 0.2) is 6.29 Å². The van der Waals surface area contributed by atoms with Crippen molar-refractivity contribution in [2.45, 2.75) is 58.8 Å². The third kappa shape index (κ3) is 3.10. The number of methoxy groups -OCH3 is 1. The van der Waals surface area contributed by atoms with Gasteiger partial charge in [0.2, 0.25) is 0 Å². The topological polar surface area (TPSA) is 18.5 Å². The smallest absolute Gasteiger partial charge is 0.162 e. The molecule has 0 aromatic rings. The normalized spacial score (nSPS) is 33.2. The first-order chi connectivity index (χ1) is 7.57. The Bertz CT molecular complexity index is 206. The lowest BCUT2D eigenvalue weighted by Gasteiger charge is -2.29. The van der Waals surface area contributed by atoms with E-state index in [0.29, 0.717) is 12.0 Å². The molecule has 1 rings (SSSR count). The Morgan fingerprint density at radius 2 is 2.00 bits per heavy atom. The fraction of sp³-hybridized carbons (Fsp3) is 1.00. The maximum absolute atomic E-state index is 6.05. The van der Waals surface area contributed by atoms with E-state index >= 15 is 0 Å². The first-order valence-electron chi connectivity index (χ1n) is 6.32. The van der Waals surface area contributed by atoms with Gasteiger partial charge in [0.1, 0.15) is 0 Å². The lowest BCUT2D eigenvalue weighted by molar-refractivity contribution is -0.150. The molecule has 2 nitrogen and oxygen atoms in total. The van der Waals surface area contributed by atoms with Gasteiger partial charge in [0, 0.05) is 22.9 Å². The highest BCUT2D eigenvalue weighted by molar-refractivity contribution is 14.1. The Labute approximate surface area is 114 Å². The van der Waals surface area contributed by atoms with Gasteiger partial charge in [-0.3, -0.25) is 0 Å². The fourth-order valence-corrected chi connectivity index (χ4v) is 4.31. The minimum Gasteiger partial charge on any atom is -0.355 e. The average molecular weight is 340 g/mol. The molecule has 1 fully saturated rings. The van der Waals surface area contributed by atoms with Crippen LogP contribution in [0.15, 0.2) is 0 Å². The van der Waals surface area contributed by atoms with Crippen LogP contribution in [0.2, 0.25) is 0 Å². The average Bonchev–Trinajstić information content (AvgIpc) is 2.49. The van der Waals surface area contributed by atoms with Crippen LogP contribution in [0.4, 0.5) is 0 Å². The van der Waals surface area contributed by atoms with E-state index in [4.69, 9.17) is 9.47 Å². The first-order valence-corrected chi connectivity index (χ1v) is 7.84. The van der Waals surface area contributed by atoms with Crippen molar-refractivity contribution in [3.8, 4) is 0 Å². The van der Waals surface area contributed by atoms with Crippen molar-refractivity contribution in [1.29, 1.82) is 0 Å². The van der Waals surface area contributed by atoms with Gasteiger partial charge in [-0.2, -0.15) is 0 Å². The summed E-state index contributed by atoms with van der Waals surface area (Å²) in [6.45, 7) is 6.78. The molecule has 0 amide bonds. The van der Waals surface area contributed by atoms with Gasteiger partial charge in [0.25, 0.3) is 0 Å². The molecular weight excluding hydrogens is 315 g/mol. The van der Waals surface area contributed by atoms with E-state index < -0.39 is 0 Å². The molecule has 3 atom stereocenters. The third-order valence-corrected chi connectivity index (χ3v) is 4.73. The van der Waals surface area contributed by atoms with Gasteiger partial charge >= 0.3 is 0 Å². The molecule has 0 N–H and O–H groups in total. The van der Waals surface area contributed by atoms with E-state index in [2.05, 4.69) is 43.4 Å². The quantitative estimate of drug-likeness (QED) is 0.413. The second-order valence-electron chi connectivity index (χ2n) is 5.32. The molecule has 0 spiro atoms. The monoisotopic (exact) mass is 340 g/mol. The molecule has 3 heteroatoms. The lowest BCUT2D eigenvalue weighted by Crippen LogP contribution is -2.33. The maximum Gasteiger partial charge on any atom is 0.162 e. The Hall–Kier alpha value is 0.650. The van der Waals surface area contributed by atoms with Crippen molar-refractivity contribution in [3.63, 3.8) is 0 Å². The highest BCUT2D eigenvalue weighted by Crippen LogP contribution is 2.45. The van der Waals surface area contributed by atoms with Crippen LogP contribution in [0, 0.1) is 11.3 Å². The zero-order valence-electron chi connectivity index (χ0n) is 11.0. The second-order valence-corrected chi connectivity index (χ2v) is 6.20. The summed E-state index contributed by atoms with van der Waals surface area (Å²) >= 11 is 2.48. The summed E-state index contributed by atoms with van der Waals surface area (Å²) in [4.78, 5) is 0. The zero-order chi connectivity index (χ0) is 12.2. The van der Waals surface area contributed by atoms with E-state index in [1.165, 1.54) is 25.7 Å². The van der Waals surface area contributed by atoms with E-state index in [0.717, 1.165) is 4.43 Å². The van der Waals surface area contributed by atoms with Gasteiger partial charge in [-0.25, -0.2) is 0 Å². The van der Waals surface area contributed by atoms with Gasteiger partial charge in [-0.15, -0.1) is 0 Å². The summed E-state index contributed by atoms with van der Waals surface area (Å²) in [5.74, 6) is 0.620. The number of hydrogen-bond donors (Lipinski definition) is 0. The van der Waals surface area contributed by atoms with Gasteiger partial charge in [0.05, 0.1) is 6.10 Å². The van der Waals surface area contributed by atoms with Crippen LogP contribution < -0.4 is 0 Å². The molecular formula is C13H25IO2. The third-order valence-electron chi connectivity index (χ3n) is 3.78. The van der Waals surface area contributed by atoms with Crippen molar-refractivity contribution >= 4 is 22.6 Å². The molecule has 0 aromatic carbocycles. The standard InChI is InChI=1S/C13H25IO2/c1-5-6-7-8-11-10(9-14)13(2,3)12(15-4)16-11/h10-12H,5-9H2,1-4H3/t10-,11-,12?/m0/s1. The molecule has 1 saturated heterocycles. The van der Waals surface area contributed by atoms with Gasteiger partial charge < -0.3 is 9.47 Å². The zero-order valence-corrected chi connectivity index (χ0v) is 13.1. The predicted octanol–water partition coefficient (Wildman–Crippen LogP) is 4.02. The Morgan fingerprint density at radius 1 is 1.31 bits per heavy atom. The van der Waals surface area contributed by atoms with Crippen LogP contribution in [-0.2, 0) is 9.47 Å². The Balaban J connectivity index is 2.58. The molecule has 1 aliphatic heterocycles. The molecule has 0 aromatic heterocycles. The highest BCUT2D eigenvalue weighted by Gasteiger charge is 2.49. The fourth-order valence-electron chi connectivity index (χ4n) is 2.61. The van der Waals surface area contributed by atoms with Crippen molar-refractivity contribution < 1.29 is 9.47 Å². The summed E-state index contributed by atoms with van der Waals surface area (Å²) in [5.41, 5.74) is 0.146. The van der Waals surface area contributed by atoms with E-state index in [1.54, 1.807) is 7.11 Å². The first kappa shape index (κ1) is 14.7. The lowest BCUT2D eigenvalue weighted by atomic mass is 9.78. The molecule has 0 bridgehead atoms. The molecule has 0 saturated carbocycles. The van der Waals surface area contributed by atoms with Crippen LogP contribution in [0.5, 0.6) is 0 Å². The number of halogens is 1. The van der Waals surface area contributed by atoms with Gasteiger partial charge in [-0.05, 0) is 6.42 Å². The number of unbranched alkanes of at least 4 members (excludes halogenated alkanes) is 2. The molecule has 1 aliphatic rings. The number of hydrogen-bond acceptors (Lipinski definition) is 2. The summed E-state index contributed by atoms with van der Waals surface area (Å²) in [7, 11) is 1.76. The number of ether oxygens (including phenoxy) is 2. The summed E-state index contributed by atoms with van der Waals surface area (Å²) < 4.78 is 12.7. The number of alkyl halides is 1. The van der Waals surface area contributed by atoms with Crippen LogP contribution >= 0.6 is 22.6 Å². The summed E-state index contributed by atoms with van der Waals surface area (Å²) in [5, 5.41) is 0. The summed E-state index contributed by atoms with van der Waals surface area (Å²) in [6, 6.07) is 0. The van der Waals surface area contributed by atoms with Crippen LogP contribution in [0.25, 0.3) is 0 Å². The van der Waals surface area contributed by atoms with Crippen molar-refractivity contribution in [2.75, 3.05) is 11.5 Å². The molecule has 0 radical (unpaired) electrons. The molecule has 16 heavy (non-hydrogen) atoms.